The highest BCUT2D eigenvalue weighted by Crippen LogP contribution is 1.94. The van der Waals surface area contributed by atoms with Crippen molar-refractivity contribution in [2.24, 2.45) is 0 Å². The molecule has 0 atom stereocenters. The number of hydrogen-bond donors (Lipinski definition) is 0. The molecule has 0 heterocycles. The molecule has 0 saturated heterocycles. The lowest BCUT2D eigenvalue weighted by molar-refractivity contribution is -0.104. The van der Waals surface area contributed by atoms with E-state index in [1.807, 2.05) is 18.2 Å². The zero-order chi connectivity index (χ0) is 9.07. The summed E-state index contributed by atoms with van der Waals surface area (Å²) in [6.07, 6.45) is 15.5. The van der Waals surface area contributed by atoms with Crippen LogP contribution in [0.4, 0.5) is 0 Å². The third-order valence-electron chi connectivity index (χ3n) is 1.38. The maximum absolute atomic E-state index is 9.84. The van der Waals surface area contributed by atoms with E-state index in [2.05, 4.69) is 13.0 Å². The third-order valence-corrected chi connectivity index (χ3v) is 1.38. The molecule has 0 fully saturated rings. The first kappa shape index (κ1) is 10.9. The van der Waals surface area contributed by atoms with Crippen LogP contribution in [0.2, 0.25) is 0 Å². The molecule has 0 N–H and O–H groups in total. The van der Waals surface area contributed by atoms with Crippen molar-refractivity contribution in [3.63, 3.8) is 0 Å². The van der Waals surface area contributed by atoms with E-state index in [-0.39, 0.29) is 0 Å². The fraction of sp³-hybridized carbons (Fsp3) is 0.364. The molecule has 0 rings (SSSR count). The first-order valence-electron chi connectivity index (χ1n) is 4.35. The van der Waals surface area contributed by atoms with Crippen molar-refractivity contribution in [2.45, 2.75) is 26.2 Å². The zero-order valence-electron chi connectivity index (χ0n) is 7.57. The van der Waals surface area contributed by atoms with Crippen LogP contribution in [0.25, 0.3) is 0 Å². The summed E-state index contributed by atoms with van der Waals surface area (Å²) in [5, 5.41) is 0. The number of allylic oxidation sites excluding steroid dienone is 6. The van der Waals surface area contributed by atoms with Crippen LogP contribution in [0.3, 0.4) is 0 Å². The maximum Gasteiger partial charge on any atom is 0.142 e. The van der Waals surface area contributed by atoms with Gasteiger partial charge in [-0.2, -0.15) is 0 Å². The number of aldehydes is 1. The number of rotatable bonds is 6. The predicted molar refractivity (Wildman–Crippen MR) is 53.0 cm³/mol. The van der Waals surface area contributed by atoms with Gasteiger partial charge in [-0.25, -0.2) is 0 Å². The smallest absolute Gasteiger partial charge is 0.142 e. The maximum atomic E-state index is 9.84. The Bertz CT molecular complexity index is 175. The molecule has 0 aromatic heterocycles. The molecule has 0 saturated carbocycles. The lowest BCUT2D eigenvalue weighted by Gasteiger charge is -1.84. The standard InChI is InChI=1S/C11H16O/c1-2-3-4-5-6-7-8-9-10-11-12/h5-11H,2-4H2,1H3/b6-5-,8-7+,10-9+. The third kappa shape index (κ3) is 8.89. The summed E-state index contributed by atoms with van der Waals surface area (Å²) < 4.78 is 0. The molecule has 0 radical (unpaired) electrons. The summed E-state index contributed by atoms with van der Waals surface area (Å²) in [5.74, 6) is 0. The van der Waals surface area contributed by atoms with Gasteiger partial charge in [0.1, 0.15) is 6.29 Å². The Balaban J connectivity index is 3.38. The molecular weight excluding hydrogens is 148 g/mol. The Morgan fingerprint density at radius 3 is 2.33 bits per heavy atom. The number of hydrogen-bond acceptors (Lipinski definition) is 1. The van der Waals surface area contributed by atoms with Gasteiger partial charge in [-0.05, 0) is 12.5 Å². The van der Waals surface area contributed by atoms with Gasteiger partial charge in [0.05, 0.1) is 0 Å². The largest absolute Gasteiger partial charge is 0.299 e. The van der Waals surface area contributed by atoms with Crippen molar-refractivity contribution in [3.05, 3.63) is 36.5 Å². The molecule has 0 aliphatic heterocycles. The van der Waals surface area contributed by atoms with Crippen molar-refractivity contribution >= 4 is 6.29 Å². The van der Waals surface area contributed by atoms with E-state index >= 15 is 0 Å². The molecule has 0 aromatic carbocycles. The van der Waals surface area contributed by atoms with Crippen LogP contribution in [-0.2, 0) is 4.79 Å². The number of unbranched alkanes of at least 4 members (excludes halogenated alkanes) is 2. The summed E-state index contributed by atoms with van der Waals surface area (Å²) in [5.41, 5.74) is 0. The average molecular weight is 164 g/mol. The topological polar surface area (TPSA) is 17.1 Å². The number of carbonyl (C=O) groups is 1. The molecule has 0 aliphatic carbocycles. The molecule has 0 aliphatic rings. The van der Waals surface area contributed by atoms with Gasteiger partial charge in [-0.1, -0.05) is 50.1 Å². The Kier molecular flexibility index (Phi) is 8.98. The normalized spacial score (nSPS) is 12.1. The highest BCUT2D eigenvalue weighted by atomic mass is 16.1. The summed E-state index contributed by atoms with van der Waals surface area (Å²) in [4.78, 5) is 9.84. The van der Waals surface area contributed by atoms with Crippen LogP contribution in [0.1, 0.15) is 26.2 Å². The zero-order valence-corrected chi connectivity index (χ0v) is 7.57. The minimum Gasteiger partial charge on any atom is -0.299 e. The Hall–Kier alpha value is -1.11. The molecule has 0 spiro atoms. The van der Waals surface area contributed by atoms with E-state index in [1.54, 1.807) is 6.08 Å². The SMILES string of the molecule is CCCC\C=C/C=C/C=C/C=O. The molecule has 1 heteroatoms. The quantitative estimate of drug-likeness (QED) is 0.255. The summed E-state index contributed by atoms with van der Waals surface area (Å²) in [7, 11) is 0. The van der Waals surface area contributed by atoms with Gasteiger partial charge in [0.2, 0.25) is 0 Å². The molecule has 0 bridgehead atoms. The van der Waals surface area contributed by atoms with E-state index in [4.69, 9.17) is 0 Å². The van der Waals surface area contributed by atoms with E-state index in [9.17, 15) is 4.79 Å². The highest BCUT2D eigenvalue weighted by molar-refractivity contribution is 5.65. The van der Waals surface area contributed by atoms with Gasteiger partial charge < -0.3 is 0 Å². The van der Waals surface area contributed by atoms with E-state index in [0.717, 1.165) is 12.7 Å². The van der Waals surface area contributed by atoms with Crippen molar-refractivity contribution in [2.75, 3.05) is 0 Å². The van der Waals surface area contributed by atoms with Crippen LogP contribution in [0.5, 0.6) is 0 Å². The monoisotopic (exact) mass is 164 g/mol. The van der Waals surface area contributed by atoms with Gasteiger partial charge in [0.25, 0.3) is 0 Å². The molecule has 0 amide bonds. The Morgan fingerprint density at radius 2 is 1.67 bits per heavy atom. The van der Waals surface area contributed by atoms with Crippen LogP contribution in [0, 0.1) is 0 Å². The molecule has 12 heavy (non-hydrogen) atoms. The summed E-state index contributed by atoms with van der Waals surface area (Å²) in [6, 6.07) is 0. The minimum atomic E-state index is 0.769. The summed E-state index contributed by atoms with van der Waals surface area (Å²) >= 11 is 0. The van der Waals surface area contributed by atoms with Crippen LogP contribution < -0.4 is 0 Å². The van der Waals surface area contributed by atoms with Crippen molar-refractivity contribution in [3.8, 4) is 0 Å². The van der Waals surface area contributed by atoms with Gasteiger partial charge >= 0.3 is 0 Å². The van der Waals surface area contributed by atoms with Crippen LogP contribution in [-0.4, -0.2) is 6.29 Å². The molecule has 66 valence electrons. The summed E-state index contributed by atoms with van der Waals surface area (Å²) in [6.45, 7) is 2.18. The van der Waals surface area contributed by atoms with E-state index < -0.39 is 0 Å². The minimum absolute atomic E-state index is 0.769. The highest BCUT2D eigenvalue weighted by Gasteiger charge is 1.74. The molecule has 0 unspecified atom stereocenters. The van der Waals surface area contributed by atoms with Gasteiger partial charge in [-0.15, -0.1) is 0 Å². The van der Waals surface area contributed by atoms with Crippen molar-refractivity contribution in [1.82, 2.24) is 0 Å². The van der Waals surface area contributed by atoms with Gasteiger partial charge in [-0.3, -0.25) is 4.79 Å². The van der Waals surface area contributed by atoms with Crippen LogP contribution >= 0.6 is 0 Å². The first-order chi connectivity index (χ1) is 5.91. The average Bonchev–Trinajstić information content (AvgIpc) is 2.10. The van der Waals surface area contributed by atoms with Crippen molar-refractivity contribution < 1.29 is 4.79 Å². The van der Waals surface area contributed by atoms with E-state index in [1.165, 1.54) is 18.9 Å². The van der Waals surface area contributed by atoms with Gasteiger partial charge in [0.15, 0.2) is 0 Å². The lowest BCUT2D eigenvalue weighted by atomic mass is 10.2. The molecule has 0 aromatic rings. The predicted octanol–water partition coefficient (Wildman–Crippen LogP) is 3.04. The fourth-order valence-electron chi connectivity index (χ4n) is 0.735. The molecule has 1 nitrogen and oxygen atoms in total. The molecular formula is C11H16O. The second kappa shape index (κ2) is 9.89. The number of carbonyl (C=O) groups excluding carboxylic acids is 1. The second-order valence-electron chi connectivity index (χ2n) is 2.48. The second-order valence-corrected chi connectivity index (χ2v) is 2.48. The van der Waals surface area contributed by atoms with E-state index in [0.29, 0.717) is 0 Å². The van der Waals surface area contributed by atoms with Crippen molar-refractivity contribution in [1.29, 1.82) is 0 Å². The fourth-order valence-corrected chi connectivity index (χ4v) is 0.735. The Morgan fingerprint density at radius 1 is 1.00 bits per heavy atom. The van der Waals surface area contributed by atoms with Crippen LogP contribution in [0.15, 0.2) is 36.5 Å². The first-order valence-corrected chi connectivity index (χ1v) is 4.35. The lowest BCUT2D eigenvalue weighted by Crippen LogP contribution is -1.64. The van der Waals surface area contributed by atoms with Gasteiger partial charge in [0, 0.05) is 0 Å². The Labute approximate surface area is 74.5 Å².